The molecule has 2 amide bonds. The van der Waals surface area contributed by atoms with Gasteiger partial charge in [0.25, 0.3) is 0 Å². The minimum Gasteiger partial charge on any atom is -0.442 e. The molecular weight excluding hydrogens is 494 g/mol. The highest BCUT2D eigenvalue weighted by atomic mass is 16.6. The van der Waals surface area contributed by atoms with Gasteiger partial charge in [-0.3, -0.25) is 4.79 Å². The summed E-state index contributed by atoms with van der Waals surface area (Å²) in [5.41, 5.74) is 1.19. The van der Waals surface area contributed by atoms with Gasteiger partial charge in [-0.15, -0.1) is 0 Å². The van der Waals surface area contributed by atoms with Crippen LogP contribution in [-0.4, -0.2) is 91.1 Å². The summed E-state index contributed by atoms with van der Waals surface area (Å²) < 4.78 is 17.5. The van der Waals surface area contributed by atoms with Crippen LogP contribution in [-0.2, 0) is 19.0 Å². The van der Waals surface area contributed by atoms with Crippen molar-refractivity contribution in [3.63, 3.8) is 0 Å². The number of carbonyl (C=O) groups excluding carboxylic acids is 2. The molecule has 1 saturated carbocycles. The summed E-state index contributed by atoms with van der Waals surface area (Å²) in [4.78, 5) is 28.6. The molecule has 4 fully saturated rings. The largest absolute Gasteiger partial charge is 0.442 e. The van der Waals surface area contributed by atoms with E-state index in [-0.39, 0.29) is 35.3 Å². The molecule has 0 radical (unpaired) electrons. The van der Waals surface area contributed by atoms with E-state index in [1.165, 1.54) is 11.6 Å². The summed E-state index contributed by atoms with van der Waals surface area (Å²) in [5, 5.41) is 3.12. The number of amides is 2. The van der Waals surface area contributed by atoms with E-state index < -0.39 is 6.10 Å². The van der Waals surface area contributed by atoms with Gasteiger partial charge in [0, 0.05) is 51.1 Å². The van der Waals surface area contributed by atoms with Gasteiger partial charge in [-0.05, 0) is 78.8 Å². The van der Waals surface area contributed by atoms with Crippen molar-refractivity contribution in [2.24, 2.45) is 5.92 Å². The fourth-order valence-electron chi connectivity index (χ4n) is 6.09. The molecule has 0 aromatic rings. The van der Waals surface area contributed by atoms with Gasteiger partial charge in [0.05, 0.1) is 23.9 Å². The number of likely N-dealkylation sites (N-methyl/N-ethyl adjacent to an activating group) is 1. The Balaban J connectivity index is 1.11. The molecule has 0 bridgehead atoms. The Morgan fingerprint density at radius 1 is 1.10 bits per heavy atom. The maximum atomic E-state index is 12.4. The zero-order valence-electron chi connectivity index (χ0n) is 24.6. The monoisotopic (exact) mass is 543 g/mol. The van der Waals surface area contributed by atoms with Crippen molar-refractivity contribution < 1.29 is 23.8 Å². The third-order valence-electron chi connectivity index (χ3n) is 8.45. The van der Waals surface area contributed by atoms with Crippen LogP contribution in [0, 0.1) is 5.92 Å². The predicted octanol–water partition coefficient (Wildman–Crippen LogP) is 4.61. The molecule has 0 aromatic heterocycles. The lowest BCUT2D eigenvalue weighted by Gasteiger charge is -2.38. The summed E-state index contributed by atoms with van der Waals surface area (Å²) in [6.07, 6.45) is 16.5. The van der Waals surface area contributed by atoms with Gasteiger partial charge in [0.1, 0.15) is 6.10 Å². The summed E-state index contributed by atoms with van der Waals surface area (Å²) in [7, 11) is 2.05. The summed E-state index contributed by atoms with van der Waals surface area (Å²) in [6.45, 7) is 12.2. The Morgan fingerprint density at radius 2 is 1.79 bits per heavy atom. The molecule has 218 valence electrons. The van der Waals surface area contributed by atoms with Crippen molar-refractivity contribution in [1.29, 1.82) is 0 Å². The van der Waals surface area contributed by atoms with Crippen molar-refractivity contribution in [3.05, 3.63) is 36.0 Å². The maximum Gasteiger partial charge on any atom is 0.410 e. The highest BCUT2D eigenvalue weighted by Crippen LogP contribution is 2.46. The van der Waals surface area contributed by atoms with Crippen LogP contribution in [0.3, 0.4) is 0 Å². The SMILES string of the molecule is CC(/C=C/C1CC2(CO2)CC(C)(C)O1)=C\CC1CCC(NC(=O)/C=C\C(C)OC(=O)N2CCN(C)CC2)CC1. The topological polar surface area (TPSA) is 83.6 Å². The lowest BCUT2D eigenvalue weighted by molar-refractivity contribution is -0.117. The van der Waals surface area contributed by atoms with Crippen molar-refractivity contribution in [2.75, 3.05) is 39.8 Å². The standard InChI is InChI=1S/C31H49N3O5/c1-23(7-14-27-20-31(22-37-31)21-30(3,4)39-27)6-9-25-10-12-26(13-11-25)32-28(35)15-8-24(2)38-29(36)34-18-16-33(5)17-19-34/h6-8,14-15,24-27H,9-13,16-22H2,1-5H3,(H,32,35)/b14-7+,15-8-,23-6+. The van der Waals surface area contributed by atoms with Crippen LogP contribution < -0.4 is 5.32 Å². The second-order valence-electron chi connectivity index (χ2n) is 12.8. The van der Waals surface area contributed by atoms with Crippen LogP contribution >= 0.6 is 0 Å². The molecule has 8 nitrogen and oxygen atoms in total. The molecule has 3 aliphatic heterocycles. The van der Waals surface area contributed by atoms with E-state index in [1.54, 1.807) is 17.9 Å². The van der Waals surface area contributed by atoms with Crippen molar-refractivity contribution in [1.82, 2.24) is 15.1 Å². The average molecular weight is 544 g/mol. The molecule has 1 N–H and O–H groups in total. The van der Waals surface area contributed by atoms with Gasteiger partial charge in [-0.25, -0.2) is 4.79 Å². The maximum absolute atomic E-state index is 12.4. The molecular formula is C31H49N3O5. The van der Waals surface area contributed by atoms with Crippen molar-refractivity contribution in [3.8, 4) is 0 Å². The fourth-order valence-corrected chi connectivity index (χ4v) is 6.09. The second kappa shape index (κ2) is 13.0. The number of rotatable bonds is 8. The van der Waals surface area contributed by atoms with Gasteiger partial charge >= 0.3 is 6.09 Å². The fraction of sp³-hybridized carbons (Fsp3) is 0.742. The first-order valence-electron chi connectivity index (χ1n) is 14.8. The molecule has 39 heavy (non-hydrogen) atoms. The smallest absolute Gasteiger partial charge is 0.410 e. The molecule has 3 unspecified atom stereocenters. The molecule has 3 heterocycles. The average Bonchev–Trinajstić information content (AvgIpc) is 3.62. The van der Waals surface area contributed by atoms with Crippen LogP contribution in [0.2, 0.25) is 0 Å². The van der Waals surface area contributed by atoms with E-state index in [9.17, 15) is 9.59 Å². The second-order valence-corrected chi connectivity index (χ2v) is 12.8. The minimum atomic E-state index is -0.443. The zero-order valence-corrected chi connectivity index (χ0v) is 24.6. The van der Waals surface area contributed by atoms with E-state index in [0.29, 0.717) is 19.0 Å². The van der Waals surface area contributed by atoms with Crippen LogP contribution in [0.25, 0.3) is 0 Å². The van der Waals surface area contributed by atoms with Crippen molar-refractivity contribution >= 4 is 12.0 Å². The van der Waals surface area contributed by atoms with E-state index in [1.807, 2.05) is 7.05 Å². The van der Waals surface area contributed by atoms with Gasteiger partial charge in [0.2, 0.25) is 5.91 Å². The lowest BCUT2D eigenvalue weighted by atomic mass is 9.83. The number of nitrogens with zero attached hydrogens (tertiary/aromatic N) is 2. The molecule has 0 aromatic carbocycles. The minimum absolute atomic E-state index is 0.0495. The first-order chi connectivity index (χ1) is 18.5. The number of ether oxygens (including phenoxy) is 3. The first-order valence-corrected chi connectivity index (χ1v) is 14.8. The van der Waals surface area contributed by atoms with Crippen molar-refractivity contribution in [2.45, 2.75) is 102 Å². The molecule has 4 aliphatic rings. The van der Waals surface area contributed by atoms with E-state index in [4.69, 9.17) is 14.2 Å². The third kappa shape index (κ3) is 9.47. The molecule has 3 atom stereocenters. The Bertz CT molecular complexity index is 932. The van der Waals surface area contributed by atoms with E-state index in [0.717, 1.165) is 64.6 Å². The highest BCUT2D eigenvalue weighted by Gasteiger charge is 2.53. The summed E-state index contributed by atoms with van der Waals surface area (Å²) >= 11 is 0. The van der Waals surface area contributed by atoms with Gasteiger partial charge < -0.3 is 29.3 Å². The van der Waals surface area contributed by atoms with Crippen LogP contribution in [0.4, 0.5) is 4.79 Å². The number of hydrogen-bond acceptors (Lipinski definition) is 6. The molecule has 8 heteroatoms. The highest BCUT2D eigenvalue weighted by molar-refractivity contribution is 5.87. The van der Waals surface area contributed by atoms with Crippen LogP contribution in [0.15, 0.2) is 36.0 Å². The third-order valence-corrected chi connectivity index (χ3v) is 8.45. The molecule has 1 aliphatic carbocycles. The van der Waals surface area contributed by atoms with E-state index >= 15 is 0 Å². The van der Waals surface area contributed by atoms with Gasteiger partial charge in [0.15, 0.2) is 0 Å². The molecule has 4 rings (SSSR count). The van der Waals surface area contributed by atoms with Crippen LogP contribution in [0.1, 0.15) is 72.6 Å². The van der Waals surface area contributed by atoms with Gasteiger partial charge in [-0.1, -0.05) is 23.8 Å². The van der Waals surface area contributed by atoms with Gasteiger partial charge in [-0.2, -0.15) is 0 Å². The Labute approximate surface area is 234 Å². The van der Waals surface area contributed by atoms with Crippen LogP contribution in [0.5, 0.6) is 0 Å². The number of nitrogens with one attached hydrogen (secondary N) is 1. The summed E-state index contributed by atoms with van der Waals surface area (Å²) in [5.74, 6) is 0.535. The Kier molecular flexibility index (Phi) is 9.94. The molecule has 1 spiro atoms. The normalized spacial score (nSPS) is 32.5. The molecule has 3 saturated heterocycles. The number of piperazine rings is 1. The van der Waals surface area contributed by atoms with E-state index in [2.05, 4.69) is 49.2 Å². The number of carbonyl (C=O) groups is 2. The number of allylic oxidation sites excluding steroid dienone is 3. The zero-order chi connectivity index (χ0) is 28.0. The quantitative estimate of drug-likeness (QED) is 0.274. The summed E-state index contributed by atoms with van der Waals surface area (Å²) in [6, 6.07) is 0.204. The Hall–Kier alpha value is -2.16. The Morgan fingerprint density at radius 3 is 2.46 bits per heavy atom. The lowest BCUT2D eigenvalue weighted by Crippen LogP contribution is -2.47. The predicted molar refractivity (Wildman–Crippen MR) is 152 cm³/mol. The number of epoxide rings is 1. The first kappa shape index (κ1) is 29.8. The number of hydrogen-bond donors (Lipinski definition) is 1.